The van der Waals surface area contributed by atoms with Gasteiger partial charge in [-0.15, -0.1) is 0 Å². The molecule has 4 nitrogen and oxygen atoms in total. The zero-order chi connectivity index (χ0) is 14.5. The molecule has 2 aromatic heterocycles. The summed E-state index contributed by atoms with van der Waals surface area (Å²) in [7, 11) is 0. The van der Waals surface area contributed by atoms with E-state index in [2.05, 4.69) is 27.2 Å². The fraction of sp³-hybridized carbons (Fsp3) is 0.438. The fourth-order valence-corrected chi connectivity index (χ4v) is 2.16. The number of nitrogens with zero attached hydrogens (tertiary/aromatic N) is 3. The van der Waals surface area contributed by atoms with E-state index in [1.165, 1.54) is 11.1 Å². The molecule has 0 saturated heterocycles. The third-order valence-electron chi connectivity index (χ3n) is 3.29. The predicted octanol–water partition coefficient (Wildman–Crippen LogP) is 2.96. The quantitative estimate of drug-likeness (QED) is 0.849. The number of aryl methyl sites for hydroxylation is 3. The fourth-order valence-electron chi connectivity index (χ4n) is 2.16. The number of hydrogen-bond acceptors (Lipinski definition) is 4. The van der Waals surface area contributed by atoms with E-state index in [0.29, 0.717) is 5.82 Å². The highest BCUT2D eigenvalue weighted by Gasteiger charge is 2.10. The van der Waals surface area contributed by atoms with Crippen molar-refractivity contribution in [2.75, 3.05) is 6.54 Å². The smallest absolute Gasteiger partial charge is 0.178 e. The largest absolute Gasteiger partial charge is 0.313 e. The van der Waals surface area contributed by atoms with E-state index < -0.39 is 0 Å². The molecule has 4 heteroatoms. The van der Waals surface area contributed by atoms with Crippen molar-refractivity contribution in [1.82, 2.24) is 20.3 Å². The van der Waals surface area contributed by atoms with Crippen molar-refractivity contribution in [2.24, 2.45) is 0 Å². The van der Waals surface area contributed by atoms with Crippen molar-refractivity contribution >= 4 is 0 Å². The first-order chi connectivity index (χ1) is 9.61. The van der Waals surface area contributed by atoms with Crippen LogP contribution in [-0.4, -0.2) is 21.5 Å². The molecule has 0 saturated carbocycles. The SMILES string of the molecule is CCCNCc1c(C)nc(-c2cc(C)ccn2)nc1C. The second kappa shape index (κ2) is 6.57. The van der Waals surface area contributed by atoms with Gasteiger partial charge in [0.2, 0.25) is 0 Å². The molecule has 0 fully saturated rings. The van der Waals surface area contributed by atoms with E-state index in [0.717, 1.165) is 36.6 Å². The van der Waals surface area contributed by atoms with Crippen LogP contribution in [-0.2, 0) is 6.54 Å². The molecule has 0 atom stereocenters. The van der Waals surface area contributed by atoms with Crippen LogP contribution in [0, 0.1) is 20.8 Å². The van der Waals surface area contributed by atoms with Crippen LogP contribution < -0.4 is 5.32 Å². The Balaban J connectivity index is 2.30. The Morgan fingerprint density at radius 1 is 1.10 bits per heavy atom. The van der Waals surface area contributed by atoms with Crippen molar-refractivity contribution < 1.29 is 0 Å². The average Bonchev–Trinajstić information content (AvgIpc) is 2.41. The standard InChI is InChI=1S/C16H22N4/c1-5-7-17-10-14-12(3)19-16(20-13(14)4)15-9-11(2)6-8-18-15/h6,8-9,17H,5,7,10H2,1-4H3. The minimum atomic E-state index is 0.711. The van der Waals surface area contributed by atoms with E-state index in [-0.39, 0.29) is 0 Å². The molecule has 0 bridgehead atoms. The monoisotopic (exact) mass is 270 g/mol. The lowest BCUT2D eigenvalue weighted by molar-refractivity contribution is 0.665. The second-order valence-corrected chi connectivity index (χ2v) is 5.09. The third kappa shape index (κ3) is 3.39. The summed E-state index contributed by atoms with van der Waals surface area (Å²) < 4.78 is 0. The van der Waals surface area contributed by atoms with Crippen LogP contribution in [0.3, 0.4) is 0 Å². The molecule has 2 aromatic rings. The molecular weight excluding hydrogens is 248 g/mol. The van der Waals surface area contributed by atoms with Crippen LogP contribution in [0.2, 0.25) is 0 Å². The van der Waals surface area contributed by atoms with Gasteiger partial charge < -0.3 is 5.32 Å². The van der Waals surface area contributed by atoms with Gasteiger partial charge in [-0.25, -0.2) is 9.97 Å². The summed E-state index contributed by atoms with van der Waals surface area (Å²) in [5.74, 6) is 0.711. The number of hydrogen-bond donors (Lipinski definition) is 1. The van der Waals surface area contributed by atoms with Gasteiger partial charge in [0.25, 0.3) is 0 Å². The Morgan fingerprint density at radius 3 is 2.40 bits per heavy atom. The Kier molecular flexibility index (Phi) is 4.79. The number of rotatable bonds is 5. The van der Waals surface area contributed by atoms with E-state index >= 15 is 0 Å². The van der Waals surface area contributed by atoms with Crippen LogP contribution in [0.5, 0.6) is 0 Å². The van der Waals surface area contributed by atoms with Gasteiger partial charge in [-0.3, -0.25) is 4.98 Å². The minimum absolute atomic E-state index is 0.711. The molecule has 0 radical (unpaired) electrons. The lowest BCUT2D eigenvalue weighted by Gasteiger charge is -2.11. The van der Waals surface area contributed by atoms with E-state index in [4.69, 9.17) is 0 Å². The topological polar surface area (TPSA) is 50.7 Å². The van der Waals surface area contributed by atoms with Gasteiger partial charge in [0.15, 0.2) is 5.82 Å². The molecule has 1 N–H and O–H groups in total. The normalized spacial score (nSPS) is 10.8. The van der Waals surface area contributed by atoms with Gasteiger partial charge in [-0.05, 0) is 51.4 Å². The molecule has 0 unspecified atom stereocenters. The maximum absolute atomic E-state index is 4.61. The first kappa shape index (κ1) is 14.6. The number of pyridine rings is 1. The minimum Gasteiger partial charge on any atom is -0.313 e. The van der Waals surface area contributed by atoms with Crippen molar-refractivity contribution in [3.63, 3.8) is 0 Å². The highest BCUT2D eigenvalue weighted by atomic mass is 14.9. The Bertz CT molecular complexity index is 570. The van der Waals surface area contributed by atoms with E-state index in [1.54, 1.807) is 6.20 Å². The van der Waals surface area contributed by atoms with E-state index in [1.807, 2.05) is 32.9 Å². The molecule has 0 amide bonds. The summed E-state index contributed by atoms with van der Waals surface area (Å²) in [6.45, 7) is 10.1. The predicted molar refractivity (Wildman–Crippen MR) is 81.5 cm³/mol. The molecule has 106 valence electrons. The lowest BCUT2D eigenvalue weighted by Crippen LogP contribution is -2.17. The Morgan fingerprint density at radius 2 is 1.80 bits per heavy atom. The van der Waals surface area contributed by atoms with Crippen LogP contribution in [0.4, 0.5) is 0 Å². The van der Waals surface area contributed by atoms with Gasteiger partial charge in [0, 0.05) is 29.7 Å². The van der Waals surface area contributed by atoms with Gasteiger partial charge >= 0.3 is 0 Å². The maximum Gasteiger partial charge on any atom is 0.178 e. The van der Waals surface area contributed by atoms with Gasteiger partial charge in [-0.1, -0.05) is 6.92 Å². The first-order valence-electron chi connectivity index (χ1n) is 7.09. The molecule has 20 heavy (non-hydrogen) atoms. The Labute approximate surface area is 120 Å². The summed E-state index contributed by atoms with van der Waals surface area (Å²) in [6, 6.07) is 4.00. The molecule has 2 rings (SSSR count). The molecule has 0 aromatic carbocycles. The molecule has 0 spiro atoms. The summed E-state index contributed by atoms with van der Waals surface area (Å²) in [5, 5.41) is 3.41. The molecule has 0 aliphatic heterocycles. The van der Waals surface area contributed by atoms with Gasteiger partial charge in [0.05, 0.1) is 0 Å². The maximum atomic E-state index is 4.61. The van der Waals surface area contributed by atoms with Crippen molar-refractivity contribution in [1.29, 1.82) is 0 Å². The van der Waals surface area contributed by atoms with Crippen LogP contribution in [0.1, 0.15) is 35.9 Å². The van der Waals surface area contributed by atoms with Gasteiger partial charge in [-0.2, -0.15) is 0 Å². The zero-order valence-corrected chi connectivity index (χ0v) is 12.7. The highest BCUT2D eigenvalue weighted by molar-refractivity contribution is 5.51. The van der Waals surface area contributed by atoms with Gasteiger partial charge in [0.1, 0.15) is 5.69 Å². The van der Waals surface area contributed by atoms with E-state index in [9.17, 15) is 0 Å². The molecular formula is C16H22N4. The number of aromatic nitrogens is 3. The van der Waals surface area contributed by atoms with Crippen molar-refractivity contribution in [3.05, 3.63) is 40.8 Å². The highest BCUT2D eigenvalue weighted by Crippen LogP contribution is 2.17. The summed E-state index contributed by atoms with van der Waals surface area (Å²) in [4.78, 5) is 13.6. The van der Waals surface area contributed by atoms with Crippen LogP contribution in [0.15, 0.2) is 18.3 Å². The average molecular weight is 270 g/mol. The Hall–Kier alpha value is -1.81. The molecule has 2 heterocycles. The van der Waals surface area contributed by atoms with Crippen LogP contribution >= 0.6 is 0 Å². The molecule has 0 aliphatic carbocycles. The number of nitrogens with one attached hydrogen (secondary N) is 1. The van der Waals surface area contributed by atoms with Crippen molar-refractivity contribution in [3.8, 4) is 11.5 Å². The summed E-state index contributed by atoms with van der Waals surface area (Å²) >= 11 is 0. The first-order valence-corrected chi connectivity index (χ1v) is 7.09. The summed E-state index contributed by atoms with van der Waals surface area (Å²) in [5.41, 5.74) is 5.25. The van der Waals surface area contributed by atoms with Crippen LogP contribution in [0.25, 0.3) is 11.5 Å². The lowest BCUT2D eigenvalue weighted by atomic mass is 10.1. The third-order valence-corrected chi connectivity index (χ3v) is 3.29. The van der Waals surface area contributed by atoms with Crippen molar-refractivity contribution in [2.45, 2.75) is 40.7 Å². The summed E-state index contributed by atoms with van der Waals surface area (Å²) in [6.07, 6.45) is 2.93. The molecule has 0 aliphatic rings. The second-order valence-electron chi connectivity index (χ2n) is 5.09. The zero-order valence-electron chi connectivity index (χ0n) is 12.7.